The Bertz CT molecular complexity index is 1040. The monoisotopic (exact) mass is 480 g/mol. The second kappa shape index (κ2) is 11.9. The van der Waals surface area contributed by atoms with Crippen molar-refractivity contribution >= 4 is 23.2 Å². The van der Waals surface area contributed by atoms with Crippen molar-refractivity contribution in [3.63, 3.8) is 0 Å². The number of hydrogen-bond donors (Lipinski definition) is 1. The average Bonchev–Trinajstić information content (AvgIpc) is 3.55. The number of nitrogens with zero attached hydrogens (tertiary/aromatic N) is 1. The first kappa shape index (κ1) is 24.1. The number of ether oxygens (including phenoxy) is 1. The zero-order valence-corrected chi connectivity index (χ0v) is 20.4. The molecule has 0 saturated heterocycles. The van der Waals surface area contributed by atoms with Crippen LogP contribution in [0.5, 0.6) is 5.75 Å². The average molecular weight is 481 g/mol. The van der Waals surface area contributed by atoms with E-state index in [2.05, 4.69) is 5.32 Å². The highest BCUT2D eigenvalue weighted by molar-refractivity contribution is 7.10. The van der Waals surface area contributed by atoms with Crippen LogP contribution in [0.25, 0.3) is 0 Å². The number of hydrogen-bond acceptors (Lipinski definition) is 5. The van der Waals surface area contributed by atoms with E-state index in [9.17, 15) is 9.59 Å². The molecule has 34 heavy (non-hydrogen) atoms. The van der Waals surface area contributed by atoms with Crippen molar-refractivity contribution in [3.05, 3.63) is 76.4 Å². The Morgan fingerprint density at radius 3 is 2.65 bits per heavy atom. The molecule has 1 N–H and O–H groups in total. The van der Waals surface area contributed by atoms with Crippen LogP contribution >= 0.6 is 11.3 Å². The number of nitrogens with one attached hydrogen (secondary N) is 1. The summed E-state index contributed by atoms with van der Waals surface area (Å²) in [5.74, 6) is 0.935. The Kier molecular flexibility index (Phi) is 8.41. The molecule has 0 radical (unpaired) electrons. The van der Waals surface area contributed by atoms with E-state index >= 15 is 0 Å². The molecule has 180 valence electrons. The summed E-state index contributed by atoms with van der Waals surface area (Å²) in [6.45, 7) is 2.58. The van der Waals surface area contributed by atoms with Crippen molar-refractivity contribution in [2.24, 2.45) is 0 Å². The molecule has 2 heterocycles. The predicted octanol–water partition coefficient (Wildman–Crippen LogP) is 5.50. The number of carbonyl (C=O) groups is 2. The van der Waals surface area contributed by atoms with Crippen molar-refractivity contribution in [1.29, 1.82) is 0 Å². The molecule has 7 heteroatoms. The lowest BCUT2D eigenvalue weighted by molar-refractivity contribution is -0.141. The van der Waals surface area contributed by atoms with Crippen LogP contribution in [0.3, 0.4) is 0 Å². The molecule has 0 unspecified atom stereocenters. The van der Waals surface area contributed by atoms with Crippen LogP contribution in [0.15, 0.2) is 64.6 Å². The van der Waals surface area contributed by atoms with E-state index in [1.807, 2.05) is 54.8 Å². The first-order valence-corrected chi connectivity index (χ1v) is 12.9. The molecular weight excluding hydrogens is 448 g/mol. The first-order chi connectivity index (χ1) is 16.7. The third-order valence-corrected chi connectivity index (χ3v) is 7.03. The van der Waals surface area contributed by atoms with E-state index in [1.54, 1.807) is 17.2 Å². The summed E-state index contributed by atoms with van der Waals surface area (Å²) in [7, 11) is 0. The van der Waals surface area contributed by atoms with Gasteiger partial charge in [-0.2, -0.15) is 0 Å². The molecule has 1 fully saturated rings. The molecule has 2 aromatic heterocycles. The lowest BCUT2D eigenvalue weighted by atomic mass is 9.94. The predicted molar refractivity (Wildman–Crippen MR) is 133 cm³/mol. The van der Waals surface area contributed by atoms with E-state index in [-0.39, 0.29) is 30.8 Å². The van der Waals surface area contributed by atoms with Gasteiger partial charge in [0.05, 0.1) is 25.8 Å². The first-order valence-electron chi connectivity index (χ1n) is 12.0. The van der Waals surface area contributed by atoms with Gasteiger partial charge in [-0.05, 0) is 49.4 Å². The number of furan rings is 1. The van der Waals surface area contributed by atoms with Crippen LogP contribution in [-0.4, -0.2) is 29.4 Å². The number of benzene rings is 1. The van der Waals surface area contributed by atoms with E-state index in [0.717, 1.165) is 30.6 Å². The van der Waals surface area contributed by atoms with Gasteiger partial charge in [0.2, 0.25) is 11.8 Å². The van der Waals surface area contributed by atoms with E-state index in [1.165, 1.54) is 17.8 Å². The summed E-state index contributed by atoms with van der Waals surface area (Å²) in [5, 5.41) is 5.20. The van der Waals surface area contributed by atoms with E-state index in [4.69, 9.17) is 9.15 Å². The number of amides is 2. The van der Waals surface area contributed by atoms with E-state index < -0.39 is 6.04 Å². The standard InChI is InChI=1S/C27H32N2O4S/c1-2-32-24-15-7-6-14-23(24)26(27(31)28-20-10-4-3-5-11-20)29(19-21-12-8-16-33-21)25(30)18-22-13-9-17-34-22/h6-9,12-17,20,26H,2-5,10-11,18-19H2,1H3,(H,28,31)/t26-/m0/s1. The minimum Gasteiger partial charge on any atom is -0.494 e. The highest BCUT2D eigenvalue weighted by Crippen LogP contribution is 2.33. The maximum atomic E-state index is 13.9. The summed E-state index contributed by atoms with van der Waals surface area (Å²) in [6, 6.07) is 14.3. The quantitative estimate of drug-likeness (QED) is 0.416. The van der Waals surface area contributed by atoms with Crippen molar-refractivity contribution in [2.45, 2.75) is 64.1 Å². The topological polar surface area (TPSA) is 71.8 Å². The second-order valence-corrected chi connectivity index (χ2v) is 9.61. The molecule has 1 saturated carbocycles. The summed E-state index contributed by atoms with van der Waals surface area (Å²) in [6.07, 6.45) is 7.16. The molecule has 3 aromatic rings. The molecule has 1 atom stereocenters. The van der Waals surface area contributed by atoms with Gasteiger partial charge in [-0.1, -0.05) is 43.5 Å². The zero-order chi connectivity index (χ0) is 23.8. The van der Waals surface area contributed by atoms with Crippen LogP contribution in [-0.2, 0) is 22.6 Å². The maximum Gasteiger partial charge on any atom is 0.247 e. The second-order valence-electron chi connectivity index (χ2n) is 8.57. The lowest BCUT2D eigenvalue weighted by Crippen LogP contribution is -2.47. The van der Waals surface area contributed by atoms with Crippen LogP contribution in [0, 0.1) is 0 Å². The smallest absolute Gasteiger partial charge is 0.247 e. The summed E-state index contributed by atoms with van der Waals surface area (Å²) >= 11 is 1.54. The van der Waals surface area contributed by atoms with Gasteiger partial charge in [0, 0.05) is 16.5 Å². The Balaban J connectivity index is 1.71. The molecule has 0 bridgehead atoms. The normalized spacial score (nSPS) is 15.0. The third-order valence-electron chi connectivity index (χ3n) is 6.16. The van der Waals surface area contributed by atoms with Crippen molar-refractivity contribution in [3.8, 4) is 5.75 Å². The van der Waals surface area contributed by atoms with Crippen LogP contribution in [0.1, 0.15) is 61.3 Å². The molecule has 1 aliphatic carbocycles. The SMILES string of the molecule is CCOc1ccccc1[C@@H](C(=O)NC1CCCCC1)N(Cc1ccco1)C(=O)Cc1cccs1. The fourth-order valence-electron chi connectivity index (χ4n) is 4.53. The van der Waals surface area contributed by atoms with Crippen molar-refractivity contribution in [2.75, 3.05) is 6.61 Å². The minimum absolute atomic E-state index is 0.126. The van der Waals surface area contributed by atoms with Crippen LogP contribution in [0.4, 0.5) is 0 Å². The van der Waals surface area contributed by atoms with Crippen molar-refractivity contribution < 1.29 is 18.7 Å². The van der Waals surface area contributed by atoms with Gasteiger partial charge in [0.25, 0.3) is 0 Å². The van der Waals surface area contributed by atoms with Crippen LogP contribution in [0.2, 0.25) is 0 Å². The molecule has 0 aliphatic heterocycles. The van der Waals surface area contributed by atoms with E-state index in [0.29, 0.717) is 23.7 Å². The van der Waals surface area contributed by atoms with Crippen molar-refractivity contribution in [1.82, 2.24) is 10.2 Å². The summed E-state index contributed by atoms with van der Waals surface area (Å²) in [4.78, 5) is 30.1. The molecule has 6 nitrogen and oxygen atoms in total. The van der Waals surface area contributed by atoms with Gasteiger partial charge in [-0.15, -0.1) is 11.3 Å². The fourth-order valence-corrected chi connectivity index (χ4v) is 5.22. The summed E-state index contributed by atoms with van der Waals surface area (Å²) in [5.41, 5.74) is 0.684. The number of thiophene rings is 1. The number of rotatable bonds is 10. The highest BCUT2D eigenvalue weighted by Gasteiger charge is 2.35. The summed E-state index contributed by atoms with van der Waals surface area (Å²) < 4.78 is 11.5. The number of para-hydroxylation sites is 1. The third kappa shape index (κ3) is 6.08. The van der Waals surface area contributed by atoms with Gasteiger partial charge >= 0.3 is 0 Å². The Morgan fingerprint density at radius 2 is 1.94 bits per heavy atom. The molecule has 1 aliphatic rings. The Labute approximate surface area is 204 Å². The molecule has 4 rings (SSSR count). The van der Waals surface area contributed by atoms with Gasteiger partial charge in [-0.3, -0.25) is 9.59 Å². The highest BCUT2D eigenvalue weighted by atomic mass is 32.1. The molecule has 2 amide bonds. The fraction of sp³-hybridized carbons (Fsp3) is 0.407. The maximum absolute atomic E-state index is 13.9. The molecule has 0 spiro atoms. The zero-order valence-electron chi connectivity index (χ0n) is 19.6. The lowest BCUT2D eigenvalue weighted by Gasteiger charge is -2.33. The van der Waals surface area contributed by atoms with Crippen LogP contribution < -0.4 is 10.1 Å². The van der Waals surface area contributed by atoms with Gasteiger partial charge in [0.15, 0.2) is 0 Å². The Hall–Kier alpha value is -3.06. The molecule has 1 aromatic carbocycles. The van der Waals surface area contributed by atoms with Gasteiger partial charge in [0.1, 0.15) is 17.6 Å². The largest absolute Gasteiger partial charge is 0.494 e. The molecular formula is C27H32N2O4S. The van der Waals surface area contributed by atoms with Gasteiger partial charge < -0.3 is 19.4 Å². The number of carbonyl (C=O) groups excluding carboxylic acids is 2. The Morgan fingerprint density at radius 1 is 1.12 bits per heavy atom. The minimum atomic E-state index is -0.831. The van der Waals surface area contributed by atoms with Gasteiger partial charge in [-0.25, -0.2) is 0 Å².